The van der Waals surface area contributed by atoms with Crippen molar-refractivity contribution in [2.75, 3.05) is 13.2 Å². The van der Waals surface area contributed by atoms with Crippen molar-refractivity contribution in [1.82, 2.24) is 0 Å². The SMILES string of the molecule is CCCCCC(CCCCC)CCOC(=O)CCCCCCCCC(CC)CCCCCCCC(=O)OCCC12CCC(CC1)CC2. The molecule has 4 heteroatoms. The molecule has 1 unspecified atom stereocenters. The molecular formula is C43H80O4. The highest BCUT2D eigenvalue weighted by atomic mass is 16.5. The average Bonchev–Trinajstić information content (AvgIpc) is 3.08. The molecule has 3 aliphatic rings. The summed E-state index contributed by atoms with van der Waals surface area (Å²) in [5.41, 5.74) is 0.508. The predicted octanol–water partition coefficient (Wildman–Crippen LogP) is 13.5. The van der Waals surface area contributed by atoms with Crippen LogP contribution in [-0.4, -0.2) is 25.2 Å². The number of hydrogen-bond donors (Lipinski definition) is 0. The fourth-order valence-electron chi connectivity index (χ4n) is 8.57. The normalized spacial score (nSPS) is 19.7. The Labute approximate surface area is 293 Å². The van der Waals surface area contributed by atoms with E-state index in [0.29, 0.717) is 31.5 Å². The van der Waals surface area contributed by atoms with Crippen molar-refractivity contribution in [2.24, 2.45) is 23.2 Å². The van der Waals surface area contributed by atoms with E-state index in [2.05, 4.69) is 20.8 Å². The topological polar surface area (TPSA) is 52.6 Å². The summed E-state index contributed by atoms with van der Waals surface area (Å²) in [7, 11) is 0. The Morgan fingerprint density at radius 3 is 1.45 bits per heavy atom. The molecule has 0 heterocycles. The van der Waals surface area contributed by atoms with Gasteiger partial charge in [0.25, 0.3) is 0 Å². The number of unbranched alkanes of at least 4 members (excludes halogenated alkanes) is 13. The number of carbonyl (C=O) groups excluding carboxylic acids is 2. The van der Waals surface area contributed by atoms with Crippen LogP contribution in [0.1, 0.15) is 226 Å². The van der Waals surface area contributed by atoms with Crippen molar-refractivity contribution < 1.29 is 19.1 Å². The van der Waals surface area contributed by atoms with Gasteiger partial charge in [0.1, 0.15) is 0 Å². The monoisotopic (exact) mass is 661 g/mol. The van der Waals surface area contributed by atoms with Gasteiger partial charge in [-0.3, -0.25) is 9.59 Å². The van der Waals surface area contributed by atoms with Gasteiger partial charge in [0.2, 0.25) is 0 Å². The molecule has 47 heavy (non-hydrogen) atoms. The van der Waals surface area contributed by atoms with Gasteiger partial charge in [-0.25, -0.2) is 0 Å². The Morgan fingerprint density at radius 2 is 0.957 bits per heavy atom. The van der Waals surface area contributed by atoms with Gasteiger partial charge in [-0.1, -0.05) is 149 Å². The third kappa shape index (κ3) is 20.9. The van der Waals surface area contributed by atoms with Crippen molar-refractivity contribution >= 4 is 11.9 Å². The van der Waals surface area contributed by atoms with E-state index in [1.165, 1.54) is 154 Å². The fraction of sp³-hybridized carbons (Fsp3) is 0.953. The summed E-state index contributed by atoms with van der Waals surface area (Å²) in [5.74, 6) is 2.65. The second-order valence-electron chi connectivity index (χ2n) is 16.1. The van der Waals surface area contributed by atoms with Gasteiger partial charge in [0.05, 0.1) is 13.2 Å². The molecule has 0 spiro atoms. The maximum absolute atomic E-state index is 12.2. The summed E-state index contributed by atoms with van der Waals surface area (Å²) < 4.78 is 11.2. The number of carbonyl (C=O) groups is 2. The predicted molar refractivity (Wildman–Crippen MR) is 200 cm³/mol. The number of esters is 2. The van der Waals surface area contributed by atoms with Gasteiger partial charge < -0.3 is 9.47 Å². The van der Waals surface area contributed by atoms with E-state index in [1.807, 2.05) is 0 Å². The Kier molecular flexibility index (Phi) is 24.8. The molecule has 0 saturated heterocycles. The average molecular weight is 661 g/mol. The summed E-state index contributed by atoms with van der Waals surface area (Å²) >= 11 is 0. The number of rotatable bonds is 32. The summed E-state index contributed by atoms with van der Waals surface area (Å²) in [5, 5.41) is 0. The zero-order valence-corrected chi connectivity index (χ0v) is 31.9. The quantitative estimate of drug-likeness (QED) is 0.0532. The van der Waals surface area contributed by atoms with E-state index >= 15 is 0 Å². The van der Waals surface area contributed by atoms with Crippen LogP contribution in [0.5, 0.6) is 0 Å². The van der Waals surface area contributed by atoms with E-state index in [4.69, 9.17) is 9.47 Å². The molecule has 3 aliphatic carbocycles. The van der Waals surface area contributed by atoms with E-state index in [1.54, 1.807) is 0 Å². The lowest BCUT2D eigenvalue weighted by molar-refractivity contribution is -0.145. The van der Waals surface area contributed by atoms with E-state index < -0.39 is 0 Å². The molecule has 0 aromatic carbocycles. The van der Waals surface area contributed by atoms with Crippen molar-refractivity contribution in [3.63, 3.8) is 0 Å². The van der Waals surface area contributed by atoms with Crippen LogP contribution in [-0.2, 0) is 19.1 Å². The van der Waals surface area contributed by atoms with Crippen LogP contribution in [0.15, 0.2) is 0 Å². The van der Waals surface area contributed by atoms with Crippen LogP contribution < -0.4 is 0 Å². The van der Waals surface area contributed by atoms with E-state index in [9.17, 15) is 9.59 Å². The molecule has 0 N–H and O–H groups in total. The molecule has 0 aromatic rings. The van der Waals surface area contributed by atoms with E-state index in [0.717, 1.165) is 56.3 Å². The smallest absolute Gasteiger partial charge is 0.305 e. The maximum Gasteiger partial charge on any atom is 0.305 e. The molecule has 0 amide bonds. The first kappa shape index (κ1) is 42.1. The molecule has 4 nitrogen and oxygen atoms in total. The first-order valence-corrected chi connectivity index (χ1v) is 21.3. The molecule has 2 bridgehead atoms. The van der Waals surface area contributed by atoms with Crippen LogP contribution in [0.25, 0.3) is 0 Å². The van der Waals surface area contributed by atoms with Gasteiger partial charge in [-0.15, -0.1) is 0 Å². The summed E-state index contributed by atoms with van der Waals surface area (Å²) in [6.45, 7) is 8.17. The van der Waals surface area contributed by atoms with Crippen molar-refractivity contribution in [3.05, 3.63) is 0 Å². The minimum atomic E-state index is 0.0188. The van der Waals surface area contributed by atoms with Gasteiger partial charge >= 0.3 is 11.9 Å². The molecule has 0 aromatic heterocycles. The third-order valence-electron chi connectivity index (χ3n) is 12.2. The van der Waals surface area contributed by atoms with Crippen molar-refractivity contribution in [3.8, 4) is 0 Å². The fourth-order valence-corrected chi connectivity index (χ4v) is 8.57. The minimum absolute atomic E-state index is 0.0188. The van der Waals surface area contributed by atoms with Gasteiger partial charge in [0, 0.05) is 12.8 Å². The maximum atomic E-state index is 12.2. The molecule has 276 valence electrons. The number of fused-ring (bicyclic) bond motifs is 3. The van der Waals surface area contributed by atoms with Crippen molar-refractivity contribution in [2.45, 2.75) is 226 Å². The molecule has 3 rings (SSSR count). The number of hydrogen-bond acceptors (Lipinski definition) is 4. The molecule has 3 fully saturated rings. The minimum Gasteiger partial charge on any atom is -0.466 e. The molecule has 0 radical (unpaired) electrons. The molecule has 3 saturated carbocycles. The molecule has 0 aliphatic heterocycles. The first-order chi connectivity index (χ1) is 23.0. The standard InChI is InChI=1S/C43H80O4/c1-4-7-16-24-39(25-17-8-5-2)31-36-46-41(44)26-20-14-10-9-12-18-22-38(6-3)23-19-13-11-15-21-27-42(45)47-37-35-43-32-28-40(29-33-43)30-34-43/h38-40H,4-37H2,1-3H3. The van der Waals surface area contributed by atoms with Crippen LogP contribution in [0.3, 0.4) is 0 Å². The van der Waals surface area contributed by atoms with Crippen LogP contribution >= 0.6 is 0 Å². The lowest BCUT2D eigenvalue weighted by Gasteiger charge is -2.46. The Balaban J connectivity index is 1.35. The molecule has 1 atom stereocenters. The zero-order chi connectivity index (χ0) is 33.8. The summed E-state index contributed by atoms with van der Waals surface area (Å²) in [6.07, 6.45) is 39.6. The van der Waals surface area contributed by atoms with Crippen LogP contribution in [0.2, 0.25) is 0 Å². The molecular weight excluding hydrogens is 580 g/mol. The van der Waals surface area contributed by atoms with Gasteiger partial charge in [-0.2, -0.15) is 0 Å². The highest BCUT2D eigenvalue weighted by Crippen LogP contribution is 2.52. The highest BCUT2D eigenvalue weighted by Gasteiger charge is 2.40. The van der Waals surface area contributed by atoms with Crippen LogP contribution in [0, 0.1) is 23.2 Å². The summed E-state index contributed by atoms with van der Waals surface area (Å²) in [4.78, 5) is 24.4. The Bertz CT molecular complexity index is 731. The second kappa shape index (κ2) is 27.7. The first-order valence-electron chi connectivity index (χ1n) is 21.3. The van der Waals surface area contributed by atoms with Gasteiger partial charge in [0.15, 0.2) is 0 Å². The van der Waals surface area contributed by atoms with Crippen LogP contribution in [0.4, 0.5) is 0 Å². The lowest BCUT2D eigenvalue weighted by Crippen LogP contribution is -2.35. The number of ether oxygens (including phenoxy) is 2. The second-order valence-corrected chi connectivity index (χ2v) is 16.1. The van der Waals surface area contributed by atoms with Gasteiger partial charge in [-0.05, 0) is 87.4 Å². The largest absolute Gasteiger partial charge is 0.466 e. The lowest BCUT2D eigenvalue weighted by atomic mass is 9.59. The van der Waals surface area contributed by atoms with Crippen molar-refractivity contribution in [1.29, 1.82) is 0 Å². The zero-order valence-electron chi connectivity index (χ0n) is 31.9. The Morgan fingerprint density at radius 1 is 0.532 bits per heavy atom. The summed E-state index contributed by atoms with van der Waals surface area (Å²) in [6, 6.07) is 0. The third-order valence-corrected chi connectivity index (χ3v) is 12.2. The highest BCUT2D eigenvalue weighted by molar-refractivity contribution is 5.69. The van der Waals surface area contributed by atoms with E-state index in [-0.39, 0.29) is 11.9 Å². The Hall–Kier alpha value is -1.06.